The summed E-state index contributed by atoms with van der Waals surface area (Å²) in [6.45, 7) is 0. The molecule has 52 valence electrons. The fourth-order valence-electron chi connectivity index (χ4n) is 0. The van der Waals surface area contributed by atoms with Crippen LogP contribution in [0, 0.1) is 0 Å². The van der Waals surface area contributed by atoms with E-state index in [1.165, 1.54) is 0 Å². The monoisotopic (exact) mass is 218 g/mol. The number of rotatable bonds is 0. The molecule has 0 saturated carbocycles. The standard InChI is InChI=1S/Na.6H2O.Rb.2H/h;6*1H2;;;. The van der Waals surface area contributed by atoms with Crippen LogP contribution < -0.4 is 0 Å². The van der Waals surface area contributed by atoms with E-state index in [4.69, 9.17) is 0 Å². The zero-order valence-corrected chi connectivity index (χ0v) is 3.00. The van der Waals surface area contributed by atoms with Gasteiger partial charge in [-0.15, -0.1) is 0 Å². The maximum absolute atomic E-state index is 0. The molecule has 0 aliphatic carbocycles. The summed E-state index contributed by atoms with van der Waals surface area (Å²) in [5.41, 5.74) is 0. The molecule has 0 atom stereocenters. The average molecular weight is 219 g/mol. The Kier molecular flexibility index (Phi) is 1960. The fourth-order valence-corrected chi connectivity index (χ4v) is 0. The second-order valence-electron chi connectivity index (χ2n) is 0. The van der Waals surface area contributed by atoms with E-state index in [2.05, 4.69) is 0 Å². The van der Waals surface area contributed by atoms with Crippen LogP contribution >= 0.6 is 0 Å². The van der Waals surface area contributed by atoms with E-state index in [0.29, 0.717) is 0 Å². The van der Waals surface area contributed by atoms with Gasteiger partial charge < -0.3 is 32.9 Å². The Morgan fingerprint density at radius 2 is 0.375 bits per heavy atom. The Morgan fingerprint density at radius 1 is 0.375 bits per heavy atom. The van der Waals surface area contributed by atoms with Crippen LogP contribution in [0.15, 0.2) is 0 Å². The zero-order valence-electron chi connectivity index (χ0n) is 3.00. The van der Waals surface area contributed by atoms with Crippen molar-refractivity contribution in [3.63, 3.8) is 0 Å². The van der Waals surface area contributed by atoms with Crippen LogP contribution in [0.5, 0.6) is 0 Å². The molecule has 0 aliphatic rings. The Labute approximate surface area is 118 Å². The molecule has 6 nitrogen and oxygen atoms in total. The Balaban J connectivity index is 0. The topological polar surface area (TPSA) is 189 Å². The normalized spacial score (nSPS) is 0. The van der Waals surface area contributed by atoms with E-state index >= 15 is 0 Å². The Bertz CT molecular complexity index is 8.49. The molecule has 0 saturated heterocycles. The van der Waals surface area contributed by atoms with Crippen molar-refractivity contribution in [2.45, 2.75) is 0 Å². The summed E-state index contributed by atoms with van der Waals surface area (Å²) in [4.78, 5) is 0. The van der Waals surface area contributed by atoms with Crippen molar-refractivity contribution < 1.29 is 32.9 Å². The van der Waals surface area contributed by atoms with Gasteiger partial charge in [0.25, 0.3) is 0 Å². The molecule has 0 heterocycles. The van der Waals surface area contributed by atoms with Crippen molar-refractivity contribution in [2.75, 3.05) is 0 Å². The third-order valence-electron chi connectivity index (χ3n) is 0. The SMILES string of the molecule is O.O.O.O.O.O.[NaH].[RbH]. The summed E-state index contributed by atoms with van der Waals surface area (Å²) in [5.74, 6) is 0. The van der Waals surface area contributed by atoms with E-state index in [1.807, 2.05) is 0 Å². The van der Waals surface area contributed by atoms with Crippen molar-refractivity contribution in [3.05, 3.63) is 0 Å². The van der Waals surface area contributed by atoms with E-state index in [-0.39, 0.29) is 121 Å². The fraction of sp³-hybridized carbons (Fsp3) is 0. The quantitative estimate of drug-likeness (QED) is 0.350. The minimum atomic E-state index is 0. The van der Waals surface area contributed by atoms with E-state index in [0.717, 1.165) is 0 Å². The van der Waals surface area contributed by atoms with Crippen LogP contribution in [-0.2, 0) is 0 Å². The van der Waals surface area contributed by atoms with Gasteiger partial charge >= 0.3 is 87.7 Å². The average Bonchev–Trinajstić information content (AvgIpc) is 0. The van der Waals surface area contributed by atoms with Gasteiger partial charge in [0.1, 0.15) is 0 Å². The third kappa shape index (κ3) is 74.5. The molecule has 0 rings (SSSR count). The van der Waals surface area contributed by atoms with E-state index in [1.54, 1.807) is 0 Å². The third-order valence-corrected chi connectivity index (χ3v) is 0. The summed E-state index contributed by atoms with van der Waals surface area (Å²) in [5, 5.41) is 0. The molecule has 0 fully saturated rings. The van der Waals surface area contributed by atoms with Crippen molar-refractivity contribution >= 4 is 87.7 Å². The van der Waals surface area contributed by atoms with Crippen molar-refractivity contribution in [2.24, 2.45) is 0 Å². The molecule has 0 aromatic carbocycles. The van der Waals surface area contributed by atoms with Crippen molar-refractivity contribution in [3.8, 4) is 0 Å². The van der Waals surface area contributed by atoms with Crippen LogP contribution in [0.3, 0.4) is 0 Å². The zero-order chi connectivity index (χ0) is 0. The van der Waals surface area contributed by atoms with Crippen LogP contribution in [0.4, 0.5) is 0 Å². The minimum absolute atomic E-state index is 0. The number of hydrogen-bond donors (Lipinski definition) is 0. The molecule has 8 heteroatoms. The first-order chi connectivity index (χ1) is 0. The molecule has 0 aromatic heterocycles. The van der Waals surface area contributed by atoms with Crippen molar-refractivity contribution in [1.82, 2.24) is 0 Å². The first kappa shape index (κ1) is 147. The molecule has 0 aromatic rings. The molecular weight excluding hydrogens is 204 g/mol. The predicted octanol–water partition coefficient (Wildman–Crippen LogP) is -6.25. The van der Waals surface area contributed by atoms with Gasteiger partial charge in [-0.2, -0.15) is 0 Å². The predicted molar refractivity (Wildman–Crippen MR) is 36.0 cm³/mol. The van der Waals surface area contributed by atoms with E-state index in [9.17, 15) is 0 Å². The van der Waals surface area contributed by atoms with E-state index < -0.39 is 0 Å². The number of hydrogen-bond acceptors (Lipinski definition) is 0. The Hall–Kier alpha value is 2.57. The van der Waals surface area contributed by atoms with Gasteiger partial charge in [-0.1, -0.05) is 0 Å². The molecule has 0 aliphatic heterocycles. The molecular formula is H14NaO6Rb. The molecule has 0 radical (unpaired) electrons. The van der Waals surface area contributed by atoms with Crippen molar-refractivity contribution in [1.29, 1.82) is 0 Å². The summed E-state index contributed by atoms with van der Waals surface area (Å²) >= 11 is 0. The van der Waals surface area contributed by atoms with Gasteiger partial charge in [0.05, 0.1) is 0 Å². The summed E-state index contributed by atoms with van der Waals surface area (Å²) in [6.07, 6.45) is 0. The first-order valence-corrected chi connectivity index (χ1v) is 0. The van der Waals surface area contributed by atoms with Crippen LogP contribution in [-0.4, -0.2) is 121 Å². The van der Waals surface area contributed by atoms with Gasteiger partial charge in [-0.05, 0) is 0 Å². The summed E-state index contributed by atoms with van der Waals surface area (Å²) in [6, 6.07) is 0. The first-order valence-electron chi connectivity index (χ1n) is 0. The molecule has 0 amide bonds. The van der Waals surface area contributed by atoms with Crippen LogP contribution in [0.25, 0.3) is 0 Å². The van der Waals surface area contributed by atoms with Gasteiger partial charge in [0, 0.05) is 0 Å². The van der Waals surface area contributed by atoms with Crippen LogP contribution in [0.2, 0.25) is 0 Å². The molecule has 8 heavy (non-hydrogen) atoms. The summed E-state index contributed by atoms with van der Waals surface area (Å²) in [7, 11) is 0. The summed E-state index contributed by atoms with van der Waals surface area (Å²) < 4.78 is 0. The second kappa shape index (κ2) is 107. The molecule has 12 N–H and O–H groups in total. The molecule has 0 spiro atoms. The van der Waals surface area contributed by atoms with Crippen LogP contribution in [0.1, 0.15) is 0 Å². The van der Waals surface area contributed by atoms with Gasteiger partial charge in [0.2, 0.25) is 0 Å². The Morgan fingerprint density at radius 3 is 0.375 bits per heavy atom. The maximum atomic E-state index is 0. The second-order valence-corrected chi connectivity index (χ2v) is 0. The van der Waals surface area contributed by atoms with Gasteiger partial charge in [0.15, 0.2) is 0 Å². The van der Waals surface area contributed by atoms with Gasteiger partial charge in [-0.25, -0.2) is 0 Å². The van der Waals surface area contributed by atoms with Gasteiger partial charge in [-0.3, -0.25) is 0 Å². The molecule has 0 bridgehead atoms. The molecule has 0 unspecified atom stereocenters.